The summed E-state index contributed by atoms with van der Waals surface area (Å²) in [5.74, 6) is 0.867. The molecule has 0 heterocycles. The Kier molecular flexibility index (Phi) is 5.91. The van der Waals surface area contributed by atoms with Crippen molar-refractivity contribution in [2.75, 3.05) is 6.61 Å². The van der Waals surface area contributed by atoms with E-state index in [1.165, 1.54) is 0 Å². The van der Waals surface area contributed by atoms with Crippen LogP contribution in [0.5, 0.6) is 5.75 Å². The smallest absolute Gasteiger partial charge is 0.416 e. The van der Waals surface area contributed by atoms with Crippen LogP contribution >= 0.6 is 0 Å². The SMILES string of the molecule is CCCCCOc1cccc2c3cccc(-c4ccc(C(F)(F)F)cc4)c3c3ccccc3c12. The van der Waals surface area contributed by atoms with Gasteiger partial charge in [-0.15, -0.1) is 0 Å². The van der Waals surface area contributed by atoms with Crippen LogP contribution in [0.25, 0.3) is 43.4 Å². The van der Waals surface area contributed by atoms with E-state index in [1.807, 2.05) is 36.4 Å². The summed E-state index contributed by atoms with van der Waals surface area (Å²) >= 11 is 0. The van der Waals surface area contributed by atoms with Gasteiger partial charge >= 0.3 is 6.18 Å². The van der Waals surface area contributed by atoms with E-state index < -0.39 is 11.7 Å². The van der Waals surface area contributed by atoms with Crippen LogP contribution in [0.2, 0.25) is 0 Å². The highest BCUT2D eigenvalue weighted by molar-refractivity contribution is 6.29. The van der Waals surface area contributed by atoms with Crippen LogP contribution in [0.1, 0.15) is 31.7 Å². The fraction of sp³-hybridized carbons (Fsp3) is 0.200. The average molecular weight is 459 g/mol. The highest BCUT2D eigenvalue weighted by Crippen LogP contribution is 2.43. The Labute approximate surface area is 196 Å². The van der Waals surface area contributed by atoms with Crippen molar-refractivity contribution in [1.29, 1.82) is 0 Å². The van der Waals surface area contributed by atoms with Crippen molar-refractivity contribution in [3.63, 3.8) is 0 Å². The van der Waals surface area contributed by atoms with E-state index >= 15 is 0 Å². The quantitative estimate of drug-likeness (QED) is 0.182. The molecule has 1 nitrogen and oxygen atoms in total. The fourth-order valence-electron chi connectivity index (χ4n) is 4.75. The lowest BCUT2D eigenvalue weighted by molar-refractivity contribution is -0.137. The van der Waals surface area contributed by atoms with Gasteiger partial charge in [0.25, 0.3) is 0 Å². The molecule has 5 aromatic carbocycles. The van der Waals surface area contributed by atoms with Crippen LogP contribution in [0.15, 0.2) is 84.9 Å². The number of rotatable bonds is 6. The second-order valence-corrected chi connectivity index (χ2v) is 8.58. The molecule has 0 saturated carbocycles. The number of hydrogen-bond donors (Lipinski definition) is 0. The van der Waals surface area contributed by atoms with Gasteiger partial charge in [-0.2, -0.15) is 13.2 Å². The van der Waals surface area contributed by atoms with Crippen LogP contribution in [0.3, 0.4) is 0 Å². The molecule has 0 aliphatic heterocycles. The summed E-state index contributed by atoms with van der Waals surface area (Å²) < 4.78 is 45.6. The van der Waals surface area contributed by atoms with E-state index in [1.54, 1.807) is 12.1 Å². The number of unbranched alkanes of at least 4 members (excludes halogenated alkanes) is 2. The van der Waals surface area contributed by atoms with Gasteiger partial charge < -0.3 is 4.74 Å². The van der Waals surface area contributed by atoms with Crippen LogP contribution in [-0.4, -0.2) is 6.61 Å². The first-order valence-electron chi connectivity index (χ1n) is 11.7. The van der Waals surface area contributed by atoms with Crippen molar-refractivity contribution in [2.24, 2.45) is 0 Å². The number of alkyl halides is 3. The van der Waals surface area contributed by atoms with Crippen LogP contribution in [0.4, 0.5) is 13.2 Å². The molecule has 0 fully saturated rings. The second kappa shape index (κ2) is 9.02. The normalized spacial score (nSPS) is 12.0. The van der Waals surface area contributed by atoms with Crippen LogP contribution in [-0.2, 0) is 6.18 Å². The summed E-state index contributed by atoms with van der Waals surface area (Å²) in [5.41, 5.74) is 1.03. The van der Waals surface area contributed by atoms with Crippen molar-refractivity contribution in [1.82, 2.24) is 0 Å². The minimum absolute atomic E-state index is 0.642. The average Bonchev–Trinajstić information content (AvgIpc) is 2.86. The molecule has 5 aromatic rings. The van der Waals surface area contributed by atoms with E-state index in [9.17, 15) is 13.2 Å². The molecule has 0 aliphatic rings. The number of benzene rings is 5. The fourth-order valence-corrected chi connectivity index (χ4v) is 4.75. The lowest BCUT2D eigenvalue weighted by atomic mass is 9.89. The maximum absolute atomic E-state index is 13.1. The maximum atomic E-state index is 13.1. The molecule has 0 radical (unpaired) electrons. The lowest BCUT2D eigenvalue weighted by Crippen LogP contribution is -2.04. The number of hydrogen-bond acceptors (Lipinski definition) is 1. The Bertz CT molecular complexity index is 1430. The van der Waals surface area contributed by atoms with Gasteiger partial charge in [0.15, 0.2) is 0 Å². The maximum Gasteiger partial charge on any atom is 0.416 e. The molecule has 0 aromatic heterocycles. The van der Waals surface area contributed by atoms with Crippen molar-refractivity contribution >= 4 is 32.3 Å². The van der Waals surface area contributed by atoms with E-state index in [0.29, 0.717) is 6.61 Å². The Balaban J connectivity index is 1.76. The zero-order valence-electron chi connectivity index (χ0n) is 19.0. The first kappa shape index (κ1) is 22.3. The second-order valence-electron chi connectivity index (χ2n) is 8.58. The molecule has 4 heteroatoms. The lowest BCUT2D eigenvalue weighted by Gasteiger charge is -2.17. The van der Waals surface area contributed by atoms with Gasteiger partial charge in [-0.3, -0.25) is 0 Å². The summed E-state index contributed by atoms with van der Waals surface area (Å²) in [7, 11) is 0. The highest BCUT2D eigenvalue weighted by atomic mass is 19.4. The summed E-state index contributed by atoms with van der Waals surface area (Å²) in [4.78, 5) is 0. The molecular formula is C30H25F3O. The van der Waals surface area contributed by atoms with Gasteiger partial charge in [0.05, 0.1) is 12.2 Å². The van der Waals surface area contributed by atoms with Gasteiger partial charge in [0.1, 0.15) is 5.75 Å². The summed E-state index contributed by atoms with van der Waals surface area (Å²) in [6.45, 7) is 2.84. The third-order valence-electron chi connectivity index (χ3n) is 6.38. The predicted octanol–water partition coefficient (Wildman–Crippen LogP) is 9.40. The summed E-state index contributed by atoms with van der Waals surface area (Å²) in [6, 6.07) is 25.8. The molecule has 0 N–H and O–H groups in total. The Hall–Kier alpha value is -3.53. The molecule has 0 unspecified atom stereocenters. The summed E-state index contributed by atoms with van der Waals surface area (Å²) in [5, 5.41) is 6.39. The van der Waals surface area contributed by atoms with Crippen molar-refractivity contribution in [3.05, 3.63) is 90.5 Å². The highest BCUT2D eigenvalue weighted by Gasteiger charge is 2.30. The zero-order valence-corrected chi connectivity index (χ0v) is 19.0. The minimum Gasteiger partial charge on any atom is -0.493 e. The topological polar surface area (TPSA) is 9.23 Å². The number of fused-ring (bicyclic) bond motifs is 6. The van der Waals surface area contributed by atoms with E-state index in [2.05, 4.69) is 31.2 Å². The molecule has 0 bridgehead atoms. The van der Waals surface area contributed by atoms with E-state index in [0.717, 1.165) is 80.6 Å². The van der Waals surface area contributed by atoms with Crippen molar-refractivity contribution in [2.45, 2.75) is 32.4 Å². The molecule has 5 rings (SSSR count). The van der Waals surface area contributed by atoms with Gasteiger partial charge in [-0.05, 0) is 62.7 Å². The molecular weight excluding hydrogens is 433 g/mol. The Morgan fingerprint density at radius 1 is 0.647 bits per heavy atom. The minimum atomic E-state index is -4.35. The molecule has 0 spiro atoms. The Morgan fingerprint density at radius 3 is 1.85 bits per heavy atom. The zero-order chi connectivity index (χ0) is 23.7. The molecule has 34 heavy (non-hydrogen) atoms. The number of ether oxygens (including phenoxy) is 1. The molecule has 0 amide bonds. The first-order valence-corrected chi connectivity index (χ1v) is 11.7. The van der Waals surface area contributed by atoms with Gasteiger partial charge in [0, 0.05) is 5.39 Å². The predicted molar refractivity (Wildman–Crippen MR) is 134 cm³/mol. The largest absolute Gasteiger partial charge is 0.493 e. The third kappa shape index (κ3) is 3.98. The molecule has 0 aliphatic carbocycles. The summed E-state index contributed by atoms with van der Waals surface area (Å²) in [6.07, 6.45) is -1.08. The third-order valence-corrected chi connectivity index (χ3v) is 6.38. The standard InChI is InChI=1S/C30H25F3O/c1-2-3-6-19-34-27-14-8-13-26-24-12-7-11-22(20-15-17-21(18-16-20)30(31,32)33)28(24)23-9-4-5-10-25(23)29(26)27/h4-5,7-18H,2-3,6,19H2,1H3. The van der Waals surface area contributed by atoms with Gasteiger partial charge in [0.2, 0.25) is 0 Å². The first-order chi connectivity index (χ1) is 16.5. The molecule has 0 atom stereocenters. The van der Waals surface area contributed by atoms with Crippen molar-refractivity contribution in [3.8, 4) is 16.9 Å². The van der Waals surface area contributed by atoms with Gasteiger partial charge in [-0.1, -0.05) is 86.5 Å². The monoisotopic (exact) mass is 458 g/mol. The van der Waals surface area contributed by atoms with Gasteiger partial charge in [-0.25, -0.2) is 0 Å². The molecule has 172 valence electrons. The van der Waals surface area contributed by atoms with Crippen molar-refractivity contribution < 1.29 is 17.9 Å². The number of halogens is 3. The van der Waals surface area contributed by atoms with E-state index in [4.69, 9.17) is 4.74 Å². The van der Waals surface area contributed by atoms with Crippen LogP contribution in [0, 0.1) is 0 Å². The molecule has 0 saturated heterocycles. The van der Waals surface area contributed by atoms with Crippen LogP contribution < -0.4 is 4.74 Å². The van der Waals surface area contributed by atoms with E-state index in [-0.39, 0.29) is 0 Å². The Morgan fingerprint density at radius 2 is 1.24 bits per heavy atom.